The fraction of sp³-hybridized carbons (Fsp3) is 0.278. The Bertz CT molecular complexity index is 785. The zero-order valence-electron chi connectivity index (χ0n) is 13.2. The summed E-state index contributed by atoms with van der Waals surface area (Å²) in [5.41, 5.74) is 1.49. The fourth-order valence-electron chi connectivity index (χ4n) is 2.75. The molecule has 2 aromatic carbocycles. The van der Waals surface area contributed by atoms with Gasteiger partial charge in [-0.15, -0.1) is 0 Å². The third-order valence-electron chi connectivity index (χ3n) is 4.25. The summed E-state index contributed by atoms with van der Waals surface area (Å²) in [6, 6.07) is 10.7. The normalized spacial score (nSPS) is 13.6. The van der Waals surface area contributed by atoms with Crippen molar-refractivity contribution in [2.75, 3.05) is 0 Å². The Morgan fingerprint density at radius 1 is 1.25 bits per heavy atom. The van der Waals surface area contributed by atoms with Gasteiger partial charge in [-0.3, -0.25) is 14.9 Å². The first kappa shape index (κ1) is 16.1. The Kier molecular flexibility index (Phi) is 4.29. The van der Waals surface area contributed by atoms with Crippen LogP contribution >= 0.6 is 0 Å². The zero-order chi connectivity index (χ0) is 17.3. The van der Waals surface area contributed by atoms with Crippen LogP contribution in [0.1, 0.15) is 34.3 Å². The summed E-state index contributed by atoms with van der Waals surface area (Å²) in [6.45, 7) is 1.96. The molecule has 24 heavy (non-hydrogen) atoms. The highest BCUT2D eigenvalue weighted by Crippen LogP contribution is 2.31. The smallest absolute Gasteiger partial charge is 0.273 e. The van der Waals surface area contributed by atoms with Crippen LogP contribution in [0.4, 0.5) is 10.1 Å². The number of nitro groups is 1. The predicted molar refractivity (Wildman–Crippen MR) is 87.1 cm³/mol. The van der Waals surface area contributed by atoms with Crippen molar-refractivity contribution in [2.45, 2.75) is 32.4 Å². The average Bonchev–Trinajstić information content (AvgIpc) is 3.38. The van der Waals surface area contributed by atoms with Crippen LogP contribution < -0.4 is 0 Å². The molecular formula is C18H17FN2O3. The van der Waals surface area contributed by atoms with Crippen molar-refractivity contribution < 1.29 is 14.1 Å². The molecule has 0 spiro atoms. The van der Waals surface area contributed by atoms with Gasteiger partial charge in [-0.1, -0.05) is 18.2 Å². The largest absolute Gasteiger partial charge is 0.331 e. The van der Waals surface area contributed by atoms with Gasteiger partial charge in [0.1, 0.15) is 5.82 Å². The van der Waals surface area contributed by atoms with Crippen molar-refractivity contribution in [3.63, 3.8) is 0 Å². The number of rotatable bonds is 5. The van der Waals surface area contributed by atoms with E-state index in [0.717, 1.165) is 18.4 Å². The van der Waals surface area contributed by atoms with Crippen molar-refractivity contribution in [1.82, 2.24) is 4.90 Å². The first-order valence-corrected chi connectivity index (χ1v) is 7.77. The molecule has 0 N–H and O–H groups in total. The fourth-order valence-corrected chi connectivity index (χ4v) is 2.75. The molecule has 0 radical (unpaired) electrons. The molecule has 0 aromatic heterocycles. The number of nitrogens with zero attached hydrogens (tertiary/aromatic N) is 2. The van der Waals surface area contributed by atoms with Crippen molar-refractivity contribution in [3.05, 3.63) is 75.1 Å². The van der Waals surface area contributed by atoms with E-state index in [1.54, 1.807) is 30.0 Å². The molecular weight excluding hydrogens is 311 g/mol. The van der Waals surface area contributed by atoms with Crippen molar-refractivity contribution in [1.29, 1.82) is 0 Å². The number of amides is 1. The van der Waals surface area contributed by atoms with Crippen LogP contribution in [0.2, 0.25) is 0 Å². The molecule has 6 heteroatoms. The Morgan fingerprint density at radius 2 is 1.92 bits per heavy atom. The molecule has 1 aliphatic carbocycles. The Balaban J connectivity index is 1.89. The number of hydrogen-bond acceptors (Lipinski definition) is 3. The number of nitro benzene ring substituents is 1. The monoisotopic (exact) mass is 328 g/mol. The third kappa shape index (κ3) is 3.27. The minimum absolute atomic E-state index is 0.0571. The van der Waals surface area contributed by atoms with Crippen LogP contribution in [-0.2, 0) is 6.54 Å². The lowest BCUT2D eigenvalue weighted by atomic mass is 10.0. The quantitative estimate of drug-likeness (QED) is 0.618. The second-order valence-electron chi connectivity index (χ2n) is 6.00. The number of carbonyl (C=O) groups is 1. The molecule has 1 aliphatic rings. The maximum absolute atomic E-state index is 13.0. The highest BCUT2D eigenvalue weighted by molar-refractivity contribution is 5.97. The maximum atomic E-state index is 13.0. The summed E-state index contributed by atoms with van der Waals surface area (Å²) in [5.74, 6) is -0.541. The molecule has 0 aliphatic heterocycles. The van der Waals surface area contributed by atoms with Crippen molar-refractivity contribution >= 4 is 11.6 Å². The lowest BCUT2D eigenvalue weighted by Crippen LogP contribution is -2.33. The molecule has 1 amide bonds. The first-order chi connectivity index (χ1) is 11.5. The van der Waals surface area contributed by atoms with Gasteiger partial charge >= 0.3 is 0 Å². The molecule has 0 unspecified atom stereocenters. The summed E-state index contributed by atoms with van der Waals surface area (Å²) >= 11 is 0. The number of hydrogen-bond donors (Lipinski definition) is 0. The summed E-state index contributed by atoms with van der Waals surface area (Å²) in [7, 11) is 0. The van der Waals surface area contributed by atoms with Crippen LogP contribution in [0.15, 0.2) is 42.5 Å². The first-order valence-electron chi connectivity index (χ1n) is 7.77. The molecule has 1 saturated carbocycles. The molecule has 0 heterocycles. The second kappa shape index (κ2) is 6.39. The van der Waals surface area contributed by atoms with Gasteiger partial charge < -0.3 is 4.90 Å². The van der Waals surface area contributed by atoms with E-state index in [1.807, 2.05) is 0 Å². The molecule has 0 saturated heterocycles. The Morgan fingerprint density at radius 3 is 2.50 bits per heavy atom. The van der Waals surface area contributed by atoms with Crippen LogP contribution in [0, 0.1) is 22.9 Å². The van der Waals surface area contributed by atoms with Gasteiger partial charge in [0.05, 0.1) is 4.92 Å². The van der Waals surface area contributed by atoms with E-state index < -0.39 is 4.92 Å². The molecule has 5 nitrogen and oxygen atoms in total. The van der Waals surface area contributed by atoms with Gasteiger partial charge in [0.25, 0.3) is 11.6 Å². The molecule has 3 rings (SSSR count). The zero-order valence-corrected chi connectivity index (χ0v) is 13.2. The third-order valence-corrected chi connectivity index (χ3v) is 4.25. The Labute approximate surface area is 138 Å². The lowest BCUT2D eigenvalue weighted by molar-refractivity contribution is -0.385. The highest BCUT2D eigenvalue weighted by atomic mass is 19.1. The minimum atomic E-state index is -0.479. The minimum Gasteiger partial charge on any atom is -0.331 e. The molecule has 0 atom stereocenters. The standard InChI is InChI=1S/C18H17FN2O3/c1-12-16(3-2-4-17(12)21(23)24)18(22)20(15-9-10-15)11-13-5-7-14(19)8-6-13/h2-8,15H,9-11H2,1H3. The lowest BCUT2D eigenvalue weighted by Gasteiger charge is -2.23. The maximum Gasteiger partial charge on any atom is 0.273 e. The van der Waals surface area contributed by atoms with E-state index in [2.05, 4.69) is 0 Å². The number of carbonyl (C=O) groups excluding carboxylic acids is 1. The molecule has 0 bridgehead atoms. The van der Waals surface area contributed by atoms with Crippen LogP contribution in [0.5, 0.6) is 0 Å². The summed E-state index contributed by atoms with van der Waals surface area (Å²) in [4.78, 5) is 25.2. The summed E-state index contributed by atoms with van der Waals surface area (Å²) in [5, 5.41) is 11.1. The highest BCUT2D eigenvalue weighted by Gasteiger charge is 2.34. The molecule has 1 fully saturated rings. The Hall–Kier alpha value is -2.76. The SMILES string of the molecule is Cc1c(C(=O)N(Cc2ccc(F)cc2)C2CC2)cccc1[N+](=O)[O-]. The van der Waals surface area contributed by atoms with Crippen molar-refractivity contribution in [2.24, 2.45) is 0 Å². The molecule has 2 aromatic rings. The van der Waals surface area contributed by atoms with Crippen LogP contribution in [0.25, 0.3) is 0 Å². The van der Waals surface area contributed by atoms with E-state index in [4.69, 9.17) is 0 Å². The predicted octanol–water partition coefficient (Wildman–Crippen LogP) is 3.85. The summed E-state index contributed by atoms with van der Waals surface area (Å²) < 4.78 is 13.0. The van der Waals surface area contributed by atoms with Crippen LogP contribution in [0.3, 0.4) is 0 Å². The second-order valence-corrected chi connectivity index (χ2v) is 6.00. The van der Waals surface area contributed by atoms with E-state index >= 15 is 0 Å². The van der Waals surface area contributed by atoms with Gasteiger partial charge in [-0.25, -0.2) is 4.39 Å². The summed E-state index contributed by atoms with van der Waals surface area (Å²) in [6.07, 6.45) is 1.84. The van der Waals surface area contributed by atoms with Crippen LogP contribution in [-0.4, -0.2) is 21.8 Å². The number of halogens is 1. The van der Waals surface area contributed by atoms with Crippen molar-refractivity contribution in [3.8, 4) is 0 Å². The van der Waals surface area contributed by atoms with E-state index in [9.17, 15) is 19.3 Å². The van der Waals surface area contributed by atoms with E-state index in [1.165, 1.54) is 24.3 Å². The average molecular weight is 328 g/mol. The van der Waals surface area contributed by atoms with Gasteiger partial charge in [0.15, 0.2) is 0 Å². The van der Waals surface area contributed by atoms with E-state index in [0.29, 0.717) is 17.7 Å². The van der Waals surface area contributed by atoms with Gasteiger partial charge in [0, 0.05) is 29.8 Å². The molecule has 124 valence electrons. The topological polar surface area (TPSA) is 63.5 Å². The van der Waals surface area contributed by atoms with Gasteiger partial charge in [0.2, 0.25) is 0 Å². The van der Waals surface area contributed by atoms with Gasteiger partial charge in [-0.2, -0.15) is 0 Å². The van der Waals surface area contributed by atoms with Gasteiger partial charge in [-0.05, 0) is 43.5 Å². The number of benzene rings is 2. The van der Waals surface area contributed by atoms with E-state index in [-0.39, 0.29) is 23.5 Å².